The summed E-state index contributed by atoms with van der Waals surface area (Å²) in [6, 6.07) is 6.48. The van der Waals surface area contributed by atoms with E-state index in [1.165, 1.54) is 12.3 Å². The van der Waals surface area contributed by atoms with Crippen LogP contribution in [0.2, 0.25) is 0 Å². The first-order chi connectivity index (χ1) is 15.3. The topological polar surface area (TPSA) is 68.1 Å². The highest BCUT2D eigenvalue weighted by Crippen LogP contribution is 2.30. The molecule has 1 aromatic carbocycles. The minimum Gasteiger partial charge on any atom is -0.496 e. The van der Waals surface area contributed by atoms with E-state index < -0.39 is 0 Å². The Morgan fingerprint density at radius 3 is 2.66 bits per heavy atom. The molecule has 7 heteroatoms. The first kappa shape index (κ1) is 24.8. The third-order valence-electron chi connectivity index (χ3n) is 4.57. The molecule has 1 heterocycles. The van der Waals surface area contributed by atoms with Crippen molar-refractivity contribution in [2.75, 3.05) is 7.11 Å². The fraction of sp³-hybridized carbons (Fsp3) is 0.320. The lowest BCUT2D eigenvalue weighted by atomic mass is 10.00. The molecule has 2 aromatic rings. The Balaban J connectivity index is 2.57. The van der Waals surface area contributed by atoms with Crippen LogP contribution >= 0.6 is 0 Å². The van der Waals surface area contributed by atoms with Crippen molar-refractivity contribution in [1.29, 1.82) is 0 Å². The van der Waals surface area contributed by atoms with Crippen LogP contribution in [0.3, 0.4) is 0 Å². The van der Waals surface area contributed by atoms with E-state index in [4.69, 9.17) is 14.6 Å². The zero-order valence-corrected chi connectivity index (χ0v) is 19.6. The molecular formula is C25H31FN4O2. The van der Waals surface area contributed by atoms with Gasteiger partial charge in [0.1, 0.15) is 23.4 Å². The number of pyridine rings is 1. The summed E-state index contributed by atoms with van der Waals surface area (Å²) in [4.78, 5) is 14.4. The van der Waals surface area contributed by atoms with Crippen LogP contribution in [0, 0.1) is 12.7 Å². The number of nitrogens with zero attached hydrogens (tertiary/aromatic N) is 3. The molecule has 6 nitrogen and oxygen atoms in total. The van der Waals surface area contributed by atoms with Gasteiger partial charge in [0.15, 0.2) is 5.76 Å². The number of nitrogens with one attached hydrogen (secondary N) is 1. The fourth-order valence-electron chi connectivity index (χ4n) is 2.77. The predicted molar refractivity (Wildman–Crippen MR) is 128 cm³/mol. The molecular weight excluding hydrogens is 407 g/mol. The second kappa shape index (κ2) is 11.8. The number of ether oxygens (including phenoxy) is 1. The number of methoxy groups -OCH3 is 1. The Labute approximate surface area is 189 Å². The number of amidine groups is 1. The van der Waals surface area contributed by atoms with Gasteiger partial charge in [-0.1, -0.05) is 24.7 Å². The molecule has 0 bridgehead atoms. The van der Waals surface area contributed by atoms with Crippen LogP contribution in [0.4, 0.5) is 4.39 Å². The van der Waals surface area contributed by atoms with Gasteiger partial charge in [0.2, 0.25) is 0 Å². The van der Waals surface area contributed by atoms with E-state index in [9.17, 15) is 4.39 Å². The molecule has 1 unspecified atom stereocenters. The normalized spacial score (nSPS) is 12.4. The van der Waals surface area contributed by atoms with Crippen LogP contribution < -0.4 is 10.1 Å². The van der Waals surface area contributed by atoms with Crippen molar-refractivity contribution >= 4 is 11.5 Å². The van der Waals surface area contributed by atoms with Crippen molar-refractivity contribution in [2.24, 2.45) is 10.1 Å². The first-order valence-electron chi connectivity index (χ1n) is 10.4. The molecule has 0 saturated heterocycles. The first-order valence-corrected chi connectivity index (χ1v) is 10.4. The molecule has 0 aliphatic heterocycles. The van der Waals surface area contributed by atoms with E-state index in [1.807, 2.05) is 59.0 Å². The molecule has 0 aliphatic rings. The van der Waals surface area contributed by atoms with Gasteiger partial charge in [-0.2, -0.15) is 0 Å². The number of allylic oxidation sites excluding steroid dienone is 1. The third-order valence-corrected chi connectivity index (χ3v) is 4.57. The molecule has 0 radical (unpaired) electrons. The number of hydrogen-bond acceptors (Lipinski definition) is 5. The average molecular weight is 439 g/mol. The summed E-state index contributed by atoms with van der Waals surface area (Å²) in [5.41, 5.74) is 3.91. The van der Waals surface area contributed by atoms with Gasteiger partial charge < -0.3 is 14.9 Å². The number of benzene rings is 1. The van der Waals surface area contributed by atoms with Gasteiger partial charge >= 0.3 is 0 Å². The van der Waals surface area contributed by atoms with Gasteiger partial charge in [-0.05, 0) is 64.6 Å². The number of rotatable bonds is 9. The molecule has 0 amide bonds. The third kappa shape index (κ3) is 6.77. The smallest absolute Gasteiger partial charge is 0.152 e. The number of aromatic nitrogens is 1. The molecule has 32 heavy (non-hydrogen) atoms. The van der Waals surface area contributed by atoms with E-state index in [0.29, 0.717) is 23.0 Å². The quantitative estimate of drug-likeness (QED) is 0.233. The molecule has 0 spiro atoms. The van der Waals surface area contributed by atoms with E-state index in [-0.39, 0.29) is 11.9 Å². The lowest BCUT2D eigenvalue weighted by Crippen LogP contribution is -2.23. The van der Waals surface area contributed by atoms with Gasteiger partial charge in [-0.3, -0.25) is 9.98 Å². The predicted octanol–water partition coefficient (Wildman–Crippen LogP) is 5.78. The van der Waals surface area contributed by atoms with Crippen molar-refractivity contribution in [3.63, 3.8) is 0 Å². The molecule has 0 saturated carbocycles. The largest absolute Gasteiger partial charge is 0.496 e. The van der Waals surface area contributed by atoms with E-state index in [2.05, 4.69) is 22.0 Å². The number of halogens is 1. The zero-order chi connectivity index (χ0) is 23.7. The maximum atomic E-state index is 13.4. The van der Waals surface area contributed by atoms with Crippen LogP contribution in [-0.2, 0) is 4.84 Å². The Morgan fingerprint density at radius 2 is 2.06 bits per heavy atom. The monoisotopic (exact) mass is 438 g/mol. The Morgan fingerprint density at radius 1 is 1.31 bits per heavy atom. The molecule has 2 rings (SSSR count). The molecule has 1 aromatic heterocycles. The second-order valence-electron chi connectivity index (χ2n) is 7.42. The molecule has 0 aliphatic carbocycles. The van der Waals surface area contributed by atoms with Crippen molar-refractivity contribution in [3.05, 3.63) is 72.0 Å². The molecule has 0 fully saturated rings. The highest BCUT2D eigenvalue weighted by molar-refractivity contribution is 6.02. The van der Waals surface area contributed by atoms with Crippen LogP contribution in [0.1, 0.15) is 45.2 Å². The van der Waals surface area contributed by atoms with Crippen molar-refractivity contribution in [2.45, 2.75) is 47.1 Å². The van der Waals surface area contributed by atoms with E-state index in [1.54, 1.807) is 13.2 Å². The minimum atomic E-state index is -0.390. The lowest BCUT2D eigenvalue weighted by Gasteiger charge is -2.17. The lowest BCUT2D eigenvalue weighted by molar-refractivity contribution is 0.211. The summed E-state index contributed by atoms with van der Waals surface area (Å²) >= 11 is 0. The highest BCUT2D eigenvalue weighted by Gasteiger charge is 2.17. The van der Waals surface area contributed by atoms with Crippen molar-refractivity contribution < 1.29 is 14.0 Å². The number of oxime groups is 1. The summed E-state index contributed by atoms with van der Waals surface area (Å²) in [7, 11) is 1.61. The number of hydrogen-bond donors (Lipinski definition) is 1. The Bertz CT molecular complexity index is 1020. The Kier molecular flexibility index (Phi) is 9.13. The van der Waals surface area contributed by atoms with E-state index >= 15 is 0 Å². The second-order valence-corrected chi connectivity index (χ2v) is 7.42. The SMILES string of the molecule is C=C(ON=C(C)C)C(C)N=C(N/C=C/CC)c1cc(-c2ccc(F)cn2)cc(OC)c1C. The van der Waals surface area contributed by atoms with Gasteiger partial charge in [0.05, 0.1) is 24.7 Å². The zero-order valence-electron chi connectivity index (χ0n) is 19.6. The van der Waals surface area contributed by atoms with Gasteiger partial charge in [0, 0.05) is 16.7 Å². The molecule has 1 N–H and O–H groups in total. The minimum absolute atomic E-state index is 0.367. The van der Waals surface area contributed by atoms with Gasteiger partial charge in [0.25, 0.3) is 0 Å². The summed E-state index contributed by atoms with van der Waals surface area (Å²) in [6.45, 7) is 13.5. The van der Waals surface area contributed by atoms with Gasteiger partial charge in [-0.25, -0.2) is 4.39 Å². The van der Waals surface area contributed by atoms with Crippen LogP contribution in [0.5, 0.6) is 5.75 Å². The standard InChI is InChI=1S/C25H31FN4O2/c1-8-9-12-27-25(29-18(5)19(6)32-30-16(2)3)22-13-20(14-24(31-7)17(22)4)23-11-10-21(26)15-28-23/h9-15,18H,6,8H2,1-5,7H3,(H,27,29)/b12-9+. The highest BCUT2D eigenvalue weighted by atomic mass is 19.1. The van der Waals surface area contributed by atoms with Crippen molar-refractivity contribution in [3.8, 4) is 17.0 Å². The van der Waals surface area contributed by atoms with Crippen LogP contribution in [0.15, 0.2) is 65.2 Å². The summed E-state index contributed by atoms with van der Waals surface area (Å²) in [6.07, 6.45) is 5.91. The summed E-state index contributed by atoms with van der Waals surface area (Å²) in [5, 5.41) is 7.23. The Hall–Kier alpha value is -3.48. The summed E-state index contributed by atoms with van der Waals surface area (Å²) in [5.74, 6) is 1.32. The van der Waals surface area contributed by atoms with E-state index in [0.717, 1.165) is 28.8 Å². The van der Waals surface area contributed by atoms with Crippen LogP contribution in [-0.4, -0.2) is 29.7 Å². The molecule has 170 valence electrons. The molecule has 1 atom stereocenters. The average Bonchev–Trinajstić information content (AvgIpc) is 2.77. The number of aliphatic imine (C=N–C) groups is 1. The van der Waals surface area contributed by atoms with Crippen molar-refractivity contribution in [1.82, 2.24) is 10.3 Å². The summed E-state index contributed by atoms with van der Waals surface area (Å²) < 4.78 is 19.0. The maximum absolute atomic E-state index is 13.4. The fourth-order valence-corrected chi connectivity index (χ4v) is 2.77. The van der Waals surface area contributed by atoms with Gasteiger partial charge in [-0.15, -0.1) is 0 Å². The van der Waals surface area contributed by atoms with Crippen LogP contribution in [0.25, 0.3) is 11.3 Å². The maximum Gasteiger partial charge on any atom is 0.152 e.